The Morgan fingerprint density at radius 1 is 1.23 bits per heavy atom. The zero-order chi connectivity index (χ0) is 16.4. The Balaban J connectivity index is 2.25. The van der Waals surface area contributed by atoms with Crippen molar-refractivity contribution in [2.24, 2.45) is 0 Å². The molecular formula is C13H15F3N2O3S. The third-order valence-corrected chi connectivity index (χ3v) is 4.77. The zero-order valence-electron chi connectivity index (χ0n) is 11.5. The molecule has 5 nitrogen and oxygen atoms in total. The highest BCUT2D eigenvalue weighted by atomic mass is 32.2. The normalized spacial score (nSPS) is 20.3. The van der Waals surface area contributed by atoms with Crippen molar-refractivity contribution in [1.29, 1.82) is 0 Å². The summed E-state index contributed by atoms with van der Waals surface area (Å²) in [7, 11) is -4.20. The maximum absolute atomic E-state index is 12.7. The largest absolute Gasteiger partial charge is 0.416 e. The molecular weight excluding hydrogens is 321 g/mol. The number of nitrogens with one attached hydrogen (secondary N) is 2. The number of halogens is 3. The monoisotopic (exact) mass is 336 g/mol. The topological polar surface area (TPSA) is 75.3 Å². The third-order valence-electron chi connectivity index (χ3n) is 3.30. The molecule has 0 spiro atoms. The smallest absolute Gasteiger partial charge is 0.355 e. The molecule has 1 aliphatic heterocycles. The zero-order valence-corrected chi connectivity index (χ0v) is 12.3. The first-order valence-corrected chi connectivity index (χ1v) is 8.16. The van der Waals surface area contributed by atoms with Gasteiger partial charge in [-0.25, -0.2) is 8.42 Å². The number of carbonyl (C=O) groups is 1. The summed E-state index contributed by atoms with van der Waals surface area (Å²) in [6.07, 6.45) is -2.95. The number of amides is 1. The van der Waals surface area contributed by atoms with Crippen LogP contribution in [0.25, 0.3) is 0 Å². The summed E-state index contributed by atoms with van der Waals surface area (Å²) in [6, 6.07) is 2.45. The summed E-state index contributed by atoms with van der Waals surface area (Å²) >= 11 is 0. The molecule has 1 heterocycles. The summed E-state index contributed by atoms with van der Waals surface area (Å²) in [5.41, 5.74) is -1.05. The second-order valence-corrected chi connectivity index (χ2v) is 6.70. The van der Waals surface area contributed by atoms with E-state index in [1.54, 1.807) is 0 Å². The average Bonchev–Trinajstić information content (AvgIpc) is 2.63. The van der Waals surface area contributed by atoms with Gasteiger partial charge in [-0.1, -0.05) is 6.07 Å². The highest BCUT2D eigenvalue weighted by molar-refractivity contribution is 7.89. The molecule has 1 aliphatic rings. The molecule has 1 saturated heterocycles. The van der Waals surface area contributed by atoms with Crippen LogP contribution < -0.4 is 10.0 Å². The number of rotatable bonds is 3. The van der Waals surface area contributed by atoms with Crippen molar-refractivity contribution in [2.75, 3.05) is 6.54 Å². The van der Waals surface area contributed by atoms with Gasteiger partial charge in [0.2, 0.25) is 15.9 Å². The summed E-state index contributed by atoms with van der Waals surface area (Å²) in [5, 5.41) is 2.56. The van der Waals surface area contributed by atoms with Crippen molar-refractivity contribution in [3.63, 3.8) is 0 Å². The SMILES string of the molecule is O=C1NCCCC[C@@H]1NS(=O)(=O)c1cccc(C(F)(F)F)c1. The van der Waals surface area contributed by atoms with Gasteiger partial charge in [-0.15, -0.1) is 0 Å². The van der Waals surface area contributed by atoms with Gasteiger partial charge in [0.25, 0.3) is 0 Å². The van der Waals surface area contributed by atoms with Crippen LogP contribution in [-0.4, -0.2) is 26.9 Å². The van der Waals surface area contributed by atoms with Gasteiger partial charge in [0, 0.05) is 6.54 Å². The molecule has 2 rings (SSSR count). The summed E-state index contributed by atoms with van der Waals surface area (Å²) in [5.74, 6) is -0.465. The van der Waals surface area contributed by atoms with Crippen molar-refractivity contribution in [3.8, 4) is 0 Å². The molecule has 122 valence electrons. The molecule has 1 fully saturated rings. The van der Waals surface area contributed by atoms with E-state index in [1.807, 2.05) is 0 Å². The van der Waals surface area contributed by atoms with E-state index < -0.39 is 38.6 Å². The first-order chi connectivity index (χ1) is 10.2. The van der Waals surface area contributed by atoms with Gasteiger partial charge in [0.15, 0.2) is 0 Å². The van der Waals surface area contributed by atoms with Crippen LogP contribution in [0, 0.1) is 0 Å². The molecule has 22 heavy (non-hydrogen) atoms. The quantitative estimate of drug-likeness (QED) is 0.881. The van der Waals surface area contributed by atoms with Gasteiger partial charge in [-0.3, -0.25) is 4.79 Å². The molecule has 1 aromatic carbocycles. The van der Waals surface area contributed by atoms with Crippen molar-refractivity contribution in [2.45, 2.75) is 36.4 Å². The van der Waals surface area contributed by atoms with E-state index in [2.05, 4.69) is 10.0 Å². The molecule has 9 heteroatoms. The van der Waals surface area contributed by atoms with Crippen LogP contribution >= 0.6 is 0 Å². The average molecular weight is 336 g/mol. The predicted octanol–water partition coefficient (Wildman–Crippen LogP) is 1.65. The van der Waals surface area contributed by atoms with Gasteiger partial charge in [0.1, 0.15) is 6.04 Å². The highest BCUT2D eigenvalue weighted by Crippen LogP contribution is 2.30. The number of hydrogen-bond donors (Lipinski definition) is 2. The van der Waals surface area contributed by atoms with Crippen LogP contribution in [0.3, 0.4) is 0 Å². The van der Waals surface area contributed by atoms with Crippen molar-refractivity contribution in [1.82, 2.24) is 10.0 Å². The molecule has 0 aliphatic carbocycles. The van der Waals surface area contributed by atoms with Crippen LogP contribution in [-0.2, 0) is 21.0 Å². The van der Waals surface area contributed by atoms with E-state index in [9.17, 15) is 26.4 Å². The number of alkyl halides is 3. The molecule has 0 unspecified atom stereocenters. The first-order valence-electron chi connectivity index (χ1n) is 6.67. The third kappa shape index (κ3) is 3.98. The predicted molar refractivity (Wildman–Crippen MR) is 72.4 cm³/mol. The van der Waals surface area contributed by atoms with E-state index >= 15 is 0 Å². The minimum Gasteiger partial charge on any atom is -0.355 e. The van der Waals surface area contributed by atoms with Crippen LogP contribution in [0.5, 0.6) is 0 Å². The van der Waals surface area contributed by atoms with Crippen LogP contribution in [0.4, 0.5) is 13.2 Å². The van der Waals surface area contributed by atoms with Crippen LogP contribution in [0.15, 0.2) is 29.2 Å². The summed E-state index contributed by atoms with van der Waals surface area (Å²) in [4.78, 5) is 11.2. The van der Waals surface area contributed by atoms with E-state index in [1.165, 1.54) is 0 Å². The van der Waals surface area contributed by atoms with Gasteiger partial charge in [0.05, 0.1) is 10.5 Å². The number of carbonyl (C=O) groups excluding carboxylic acids is 1. The lowest BCUT2D eigenvalue weighted by Crippen LogP contribution is -2.45. The molecule has 0 saturated carbocycles. The van der Waals surface area contributed by atoms with Crippen LogP contribution in [0.1, 0.15) is 24.8 Å². The lowest BCUT2D eigenvalue weighted by Gasteiger charge is -2.16. The van der Waals surface area contributed by atoms with Gasteiger partial charge >= 0.3 is 6.18 Å². The minimum absolute atomic E-state index is 0.310. The Kier molecular flexibility index (Phi) is 4.76. The van der Waals surface area contributed by atoms with Crippen LogP contribution in [0.2, 0.25) is 0 Å². The highest BCUT2D eigenvalue weighted by Gasteiger charge is 2.32. The molecule has 1 amide bonds. The fourth-order valence-electron chi connectivity index (χ4n) is 2.15. The Labute approximate surface area is 125 Å². The Morgan fingerprint density at radius 3 is 2.64 bits per heavy atom. The van der Waals surface area contributed by atoms with E-state index in [-0.39, 0.29) is 0 Å². The number of sulfonamides is 1. The maximum atomic E-state index is 12.7. The van der Waals surface area contributed by atoms with E-state index in [0.29, 0.717) is 25.5 Å². The van der Waals surface area contributed by atoms with Gasteiger partial charge < -0.3 is 5.32 Å². The van der Waals surface area contributed by atoms with Gasteiger partial charge in [-0.05, 0) is 37.5 Å². The Bertz CT molecular complexity index is 659. The standard InChI is InChI=1S/C13H15F3N2O3S/c14-13(15,16)9-4-3-5-10(8-9)22(20,21)18-11-6-1-2-7-17-12(11)19/h3-5,8,11,18H,1-2,6-7H2,(H,17,19)/t11-/m0/s1. The molecule has 1 aromatic rings. The van der Waals surface area contributed by atoms with Crippen molar-refractivity contribution in [3.05, 3.63) is 29.8 Å². The second kappa shape index (κ2) is 6.25. The van der Waals surface area contributed by atoms with E-state index in [0.717, 1.165) is 24.6 Å². The lowest BCUT2D eigenvalue weighted by atomic mass is 10.1. The van der Waals surface area contributed by atoms with Crippen molar-refractivity contribution >= 4 is 15.9 Å². The number of benzene rings is 1. The van der Waals surface area contributed by atoms with E-state index in [4.69, 9.17) is 0 Å². The fraction of sp³-hybridized carbons (Fsp3) is 0.462. The lowest BCUT2D eigenvalue weighted by molar-refractivity contribution is -0.137. The summed E-state index contributed by atoms with van der Waals surface area (Å²) in [6.45, 7) is 0.459. The first kappa shape index (κ1) is 16.8. The fourth-order valence-corrected chi connectivity index (χ4v) is 3.42. The molecule has 0 aromatic heterocycles. The molecule has 2 N–H and O–H groups in total. The Hall–Kier alpha value is -1.61. The van der Waals surface area contributed by atoms with Crippen molar-refractivity contribution < 1.29 is 26.4 Å². The summed E-state index contributed by atoms with van der Waals surface area (Å²) < 4.78 is 64.5. The Morgan fingerprint density at radius 2 is 1.95 bits per heavy atom. The molecule has 0 radical (unpaired) electrons. The molecule has 1 atom stereocenters. The van der Waals surface area contributed by atoms with Gasteiger partial charge in [-0.2, -0.15) is 17.9 Å². The maximum Gasteiger partial charge on any atom is 0.416 e. The minimum atomic E-state index is -4.63. The number of hydrogen-bond acceptors (Lipinski definition) is 3. The molecule has 0 bridgehead atoms. The second-order valence-electron chi connectivity index (χ2n) is 4.99.